The Kier molecular flexibility index (Phi) is 6.19. The second kappa shape index (κ2) is 7.19. The first-order chi connectivity index (χ1) is 8.63. The molecule has 0 aliphatic carbocycles. The van der Waals surface area contributed by atoms with Crippen molar-refractivity contribution in [3.63, 3.8) is 0 Å². The standard InChI is InChI=1S/C16H21NP.BrH/c1-17(2)18(3,16-12-8-5-9-13-16)14-15-10-6-4-7-11-15;/h4-13H,14H2,1-3H3;1H/q+1;/p-1. The molecule has 0 saturated carbocycles. The van der Waals surface area contributed by atoms with Gasteiger partial charge in [0.15, 0.2) is 0 Å². The highest BCUT2D eigenvalue weighted by atomic mass is 79.9. The van der Waals surface area contributed by atoms with Crippen molar-refractivity contribution in [3.8, 4) is 0 Å². The van der Waals surface area contributed by atoms with Crippen molar-refractivity contribution < 1.29 is 17.0 Å². The zero-order valence-electron chi connectivity index (χ0n) is 11.8. The summed E-state index contributed by atoms with van der Waals surface area (Å²) < 4.78 is 2.41. The molecule has 0 N–H and O–H groups in total. The Morgan fingerprint density at radius 3 is 1.79 bits per heavy atom. The summed E-state index contributed by atoms with van der Waals surface area (Å²) in [5.74, 6) is 0. The fourth-order valence-electron chi connectivity index (χ4n) is 2.15. The van der Waals surface area contributed by atoms with E-state index >= 15 is 0 Å². The van der Waals surface area contributed by atoms with Gasteiger partial charge in [0.25, 0.3) is 0 Å². The van der Waals surface area contributed by atoms with Gasteiger partial charge in [-0.2, -0.15) is 4.67 Å². The molecule has 0 amide bonds. The highest BCUT2D eigenvalue weighted by Crippen LogP contribution is 2.58. The van der Waals surface area contributed by atoms with Gasteiger partial charge in [-0.1, -0.05) is 48.5 Å². The molecule has 0 saturated heterocycles. The van der Waals surface area contributed by atoms with Crippen molar-refractivity contribution in [1.29, 1.82) is 0 Å². The van der Waals surface area contributed by atoms with Crippen LogP contribution in [0.2, 0.25) is 0 Å². The minimum atomic E-state index is -1.28. The number of halogens is 1. The molecule has 2 rings (SSSR count). The molecule has 2 aromatic carbocycles. The average molecular weight is 338 g/mol. The molecule has 0 aliphatic rings. The van der Waals surface area contributed by atoms with E-state index in [-0.39, 0.29) is 17.0 Å². The van der Waals surface area contributed by atoms with Crippen LogP contribution >= 0.6 is 7.41 Å². The summed E-state index contributed by atoms with van der Waals surface area (Å²) in [5, 5.41) is 1.47. The summed E-state index contributed by atoms with van der Waals surface area (Å²) in [6.07, 6.45) is 1.13. The summed E-state index contributed by atoms with van der Waals surface area (Å²) in [6, 6.07) is 21.7. The Morgan fingerprint density at radius 2 is 1.32 bits per heavy atom. The van der Waals surface area contributed by atoms with Crippen molar-refractivity contribution in [1.82, 2.24) is 4.67 Å². The van der Waals surface area contributed by atoms with Crippen LogP contribution in [0.5, 0.6) is 0 Å². The molecule has 3 heteroatoms. The van der Waals surface area contributed by atoms with Crippen molar-refractivity contribution in [2.24, 2.45) is 0 Å². The van der Waals surface area contributed by atoms with Crippen LogP contribution in [0.1, 0.15) is 5.56 Å². The van der Waals surface area contributed by atoms with Crippen molar-refractivity contribution in [2.45, 2.75) is 6.16 Å². The molecule has 0 fully saturated rings. The maximum Gasteiger partial charge on any atom is 0.116 e. The molecule has 2 aromatic rings. The fraction of sp³-hybridized carbons (Fsp3) is 0.250. The molecule has 1 unspecified atom stereocenters. The summed E-state index contributed by atoms with van der Waals surface area (Å²) >= 11 is 0. The van der Waals surface area contributed by atoms with E-state index in [1.807, 2.05) is 0 Å². The van der Waals surface area contributed by atoms with E-state index in [4.69, 9.17) is 0 Å². The van der Waals surface area contributed by atoms with Gasteiger partial charge >= 0.3 is 0 Å². The van der Waals surface area contributed by atoms with Crippen molar-refractivity contribution >= 4 is 12.7 Å². The second-order valence-electron chi connectivity index (χ2n) is 4.97. The maximum atomic E-state index is 2.41. The van der Waals surface area contributed by atoms with Crippen LogP contribution in [-0.4, -0.2) is 25.4 Å². The first-order valence-corrected chi connectivity index (χ1v) is 8.63. The molecule has 19 heavy (non-hydrogen) atoms. The highest BCUT2D eigenvalue weighted by Gasteiger charge is 2.37. The van der Waals surface area contributed by atoms with Gasteiger partial charge in [0.2, 0.25) is 0 Å². The van der Waals surface area contributed by atoms with Crippen molar-refractivity contribution in [2.75, 3.05) is 20.8 Å². The number of hydrogen-bond acceptors (Lipinski definition) is 1. The summed E-state index contributed by atoms with van der Waals surface area (Å²) in [6.45, 7) is 2.41. The van der Waals surface area contributed by atoms with Crippen LogP contribution in [-0.2, 0) is 6.16 Å². The lowest BCUT2D eigenvalue weighted by Gasteiger charge is -2.28. The summed E-state index contributed by atoms with van der Waals surface area (Å²) in [7, 11) is 3.11. The van der Waals surface area contributed by atoms with E-state index < -0.39 is 7.41 Å². The van der Waals surface area contributed by atoms with Crippen molar-refractivity contribution in [3.05, 3.63) is 66.2 Å². The molecule has 102 valence electrons. The van der Waals surface area contributed by atoms with E-state index in [2.05, 4.69) is 86.1 Å². The van der Waals surface area contributed by atoms with Crippen LogP contribution in [0.3, 0.4) is 0 Å². The third-order valence-electron chi connectivity index (χ3n) is 3.53. The molecule has 0 bridgehead atoms. The summed E-state index contributed by atoms with van der Waals surface area (Å²) in [4.78, 5) is 0. The Hall–Kier alpha value is -0.690. The third kappa shape index (κ3) is 3.89. The third-order valence-corrected chi connectivity index (χ3v) is 7.69. The number of benzene rings is 2. The molecule has 0 radical (unpaired) electrons. The molecule has 1 nitrogen and oxygen atoms in total. The molecule has 0 heterocycles. The lowest BCUT2D eigenvalue weighted by Crippen LogP contribution is -3.00. The lowest BCUT2D eigenvalue weighted by atomic mass is 10.2. The Bertz CT molecular complexity index is 487. The van der Waals surface area contributed by atoms with E-state index in [0.717, 1.165) is 6.16 Å². The van der Waals surface area contributed by atoms with Crippen LogP contribution in [0, 0.1) is 0 Å². The van der Waals surface area contributed by atoms with Crippen LogP contribution in [0.4, 0.5) is 0 Å². The van der Waals surface area contributed by atoms with Gasteiger partial charge in [0.05, 0.1) is 6.66 Å². The minimum absolute atomic E-state index is 0. The minimum Gasteiger partial charge on any atom is -1.00 e. The Balaban J connectivity index is 0.00000180. The van der Waals surface area contributed by atoms with Gasteiger partial charge in [-0.3, -0.25) is 0 Å². The topological polar surface area (TPSA) is 3.24 Å². The summed E-state index contributed by atoms with van der Waals surface area (Å²) in [5.41, 5.74) is 1.42. The van der Waals surface area contributed by atoms with Gasteiger partial charge in [-0.25, -0.2) is 0 Å². The smallest absolute Gasteiger partial charge is 0.116 e. The molecular weight excluding hydrogens is 317 g/mol. The number of hydrogen-bond donors (Lipinski definition) is 0. The second-order valence-corrected chi connectivity index (χ2v) is 8.88. The van der Waals surface area contributed by atoms with Crippen LogP contribution in [0.15, 0.2) is 60.7 Å². The average Bonchev–Trinajstić information content (AvgIpc) is 2.40. The predicted molar refractivity (Wildman–Crippen MR) is 82.8 cm³/mol. The molecule has 0 spiro atoms. The SMILES string of the molecule is CN(C)[P+](C)(Cc1ccccc1)c1ccccc1.[Br-]. The van der Waals surface area contributed by atoms with E-state index in [0.29, 0.717) is 0 Å². The lowest BCUT2D eigenvalue weighted by molar-refractivity contribution is -0.00000383. The normalized spacial score (nSPS) is 13.7. The maximum absolute atomic E-state index is 2.41. The largest absolute Gasteiger partial charge is 1.00 e. The zero-order valence-corrected chi connectivity index (χ0v) is 14.2. The van der Waals surface area contributed by atoms with Gasteiger partial charge in [0.1, 0.15) is 18.9 Å². The van der Waals surface area contributed by atoms with E-state index in [1.54, 1.807) is 0 Å². The van der Waals surface area contributed by atoms with Gasteiger partial charge < -0.3 is 17.0 Å². The number of nitrogens with zero attached hydrogens (tertiary/aromatic N) is 1. The molecular formula is C16H21BrNP. The van der Waals surface area contributed by atoms with Gasteiger partial charge in [-0.05, 0) is 17.7 Å². The monoisotopic (exact) mass is 337 g/mol. The first-order valence-electron chi connectivity index (χ1n) is 6.26. The molecule has 1 atom stereocenters. The fourth-order valence-corrected chi connectivity index (χ4v) is 4.82. The van der Waals surface area contributed by atoms with E-state index in [1.165, 1.54) is 10.9 Å². The van der Waals surface area contributed by atoms with Gasteiger partial charge in [-0.15, -0.1) is 0 Å². The van der Waals surface area contributed by atoms with Crippen LogP contribution in [0.25, 0.3) is 0 Å². The van der Waals surface area contributed by atoms with Gasteiger partial charge in [0, 0.05) is 14.1 Å². The van der Waals surface area contributed by atoms with Crippen LogP contribution < -0.4 is 22.3 Å². The molecule has 0 aromatic heterocycles. The Morgan fingerprint density at radius 1 is 0.842 bits per heavy atom. The predicted octanol–water partition coefficient (Wildman–Crippen LogP) is 0.640. The highest BCUT2D eigenvalue weighted by molar-refractivity contribution is 7.79. The molecule has 0 aliphatic heterocycles. The number of rotatable bonds is 4. The van der Waals surface area contributed by atoms with E-state index in [9.17, 15) is 0 Å². The zero-order chi connectivity index (χ0) is 13.0. The Labute approximate surface area is 127 Å². The first kappa shape index (κ1) is 16.4. The quantitative estimate of drug-likeness (QED) is 0.740.